The molecule has 0 spiro atoms. The van der Waals surface area contributed by atoms with Crippen molar-refractivity contribution < 1.29 is 4.39 Å². The van der Waals surface area contributed by atoms with Crippen LogP contribution in [-0.4, -0.2) is 30.2 Å². The van der Waals surface area contributed by atoms with Crippen molar-refractivity contribution in [3.8, 4) is 0 Å². The second kappa shape index (κ2) is 3.45. The molecule has 4 heteroatoms. The Bertz CT molecular complexity index is 339. The molecule has 2 bridgehead atoms. The van der Waals surface area contributed by atoms with Gasteiger partial charge in [0, 0.05) is 25.2 Å². The van der Waals surface area contributed by atoms with Gasteiger partial charge in [-0.05, 0) is 25.0 Å². The minimum atomic E-state index is -0.406. The first-order valence-electron chi connectivity index (χ1n) is 5.44. The van der Waals surface area contributed by atoms with Crippen molar-refractivity contribution in [2.45, 2.75) is 24.9 Å². The van der Waals surface area contributed by atoms with Crippen molar-refractivity contribution in [1.82, 2.24) is 10.3 Å². The standard InChI is InChI=1S/C11H14FN3/c12-11-4-3-10(5-13-11)15-6-8-1-2-9(7-15)14-8/h3-5,8-9,14H,1-2,6-7H2. The lowest BCUT2D eigenvalue weighted by molar-refractivity contribution is 0.465. The second-order valence-corrected chi connectivity index (χ2v) is 4.38. The summed E-state index contributed by atoms with van der Waals surface area (Å²) in [6, 6.07) is 4.45. The van der Waals surface area contributed by atoms with Crippen LogP contribution in [0, 0.1) is 5.95 Å². The molecule has 2 atom stereocenters. The summed E-state index contributed by atoms with van der Waals surface area (Å²) >= 11 is 0. The minimum absolute atomic E-state index is 0.406. The van der Waals surface area contributed by atoms with E-state index in [4.69, 9.17) is 0 Å². The van der Waals surface area contributed by atoms with Gasteiger partial charge in [0.2, 0.25) is 5.95 Å². The molecule has 3 heterocycles. The minimum Gasteiger partial charge on any atom is -0.367 e. The van der Waals surface area contributed by atoms with Gasteiger partial charge in [0.05, 0.1) is 11.9 Å². The van der Waals surface area contributed by atoms with E-state index >= 15 is 0 Å². The number of piperazine rings is 1. The number of aromatic nitrogens is 1. The first kappa shape index (κ1) is 9.09. The van der Waals surface area contributed by atoms with Crippen LogP contribution < -0.4 is 10.2 Å². The maximum absolute atomic E-state index is 12.7. The van der Waals surface area contributed by atoms with E-state index in [1.54, 1.807) is 6.20 Å². The van der Waals surface area contributed by atoms with Crippen LogP contribution in [0.2, 0.25) is 0 Å². The third-order valence-corrected chi connectivity index (χ3v) is 3.29. The van der Waals surface area contributed by atoms with E-state index in [1.807, 2.05) is 6.07 Å². The van der Waals surface area contributed by atoms with Crippen LogP contribution >= 0.6 is 0 Å². The van der Waals surface area contributed by atoms with Gasteiger partial charge in [-0.1, -0.05) is 0 Å². The summed E-state index contributed by atoms with van der Waals surface area (Å²) in [6.07, 6.45) is 4.14. The highest BCUT2D eigenvalue weighted by Crippen LogP contribution is 2.24. The first-order chi connectivity index (χ1) is 7.31. The molecule has 0 radical (unpaired) electrons. The van der Waals surface area contributed by atoms with Gasteiger partial charge in [-0.2, -0.15) is 4.39 Å². The van der Waals surface area contributed by atoms with Gasteiger partial charge in [-0.3, -0.25) is 0 Å². The molecule has 1 aromatic rings. The zero-order valence-electron chi connectivity index (χ0n) is 8.49. The third kappa shape index (κ3) is 1.69. The maximum Gasteiger partial charge on any atom is 0.212 e. The summed E-state index contributed by atoms with van der Waals surface area (Å²) in [7, 11) is 0. The summed E-state index contributed by atoms with van der Waals surface area (Å²) in [4.78, 5) is 5.99. The number of nitrogens with one attached hydrogen (secondary N) is 1. The summed E-state index contributed by atoms with van der Waals surface area (Å²) in [6.45, 7) is 2.04. The van der Waals surface area contributed by atoms with E-state index in [1.165, 1.54) is 18.9 Å². The molecule has 0 aromatic carbocycles. The smallest absolute Gasteiger partial charge is 0.212 e. The van der Waals surface area contributed by atoms with E-state index in [0.29, 0.717) is 12.1 Å². The lowest BCUT2D eigenvalue weighted by Gasteiger charge is -2.34. The number of hydrogen-bond acceptors (Lipinski definition) is 3. The topological polar surface area (TPSA) is 28.2 Å². The molecular formula is C11H14FN3. The number of hydrogen-bond donors (Lipinski definition) is 1. The lowest BCUT2D eigenvalue weighted by atomic mass is 10.2. The molecule has 1 aromatic heterocycles. The molecule has 2 aliphatic rings. The predicted molar refractivity (Wildman–Crippen MR) is 56.4 cm³/mol. The highest BCUT2D eigenvalue weighted by Gasteiger charge is 2.32. The van der Waals surface area contributed by atoms with E-state index in [9.17, 15) is 4.39 Å². The van der Waals surface area contributed by atoms with Gasteiger partial charge < -0.3 is 10.2 Å². The summed E-state index contributed by atoms with van der Waals surface area (Å²) < 4.78 is 12.7. The van der Waals surface area contributed by atoms with Crippen LogP contribution in [0.1, 0.15) is 12.8 Å². The molecular weight excluding hydrogens is 193 g/mol. The Morgan fingerprint density at radius 1 is 1.27 bits per heavy atom. The van der Waals surface area contributed by atoms with Crippen LogP contribution in [-0.2, 0) is 0 Å². The average Bonchev–Trinajstić information content (AvgIpc) is 2.59. The van der Waals surface area contributed by atoms with Gasteiger partial charge >= 0.3 is 0 Å². The Labute approximate surface area is 88.3 Å². The third-order valence-electron chi connectivity index (χ3n) is 3.29. The second-order valence-electron chi connectivity index (χ2n) is 4.38. The first-order valence-corrected chi connectivity index (χ1v) is 5.44. The largest absolute Gasteiger partial charge is 0.367 e. The quantitative estimate of drug-likeness (QED) is 0.700. The molecule has 2 aliphatic heterocycles. The van der Waals surface area contributed by atoms with Crippen molar-refractivity contribution in [2.75, 3.05) is 18.0 Å². The number of rotatable bonds is 1. The van der Waals surface area contributed by atoms with Gasteiger partial charge in [-0.25, -0.2) is 4.98 Å². The van der Waals surface area contributed by atoms with Crippen molar-refractivity contribution in [1.29, 1.82) is 0 Å². The molecule has 15 heavy (non-hydrogen) atoms. The molecule has 80 valence electrons. The highest BCUT2D eigenvalue weighted by atomic mass is 19.1. The van der Waals surface area contributed by atoms with Crippen LogP contribution in [0.5, 0.6) is 0 Å². The fourth-order valence-electron chi connectivity index (χ4n) is 2.56. The van der Waals surface area contributed by atoms with Crippen molar-refractivity contribution in [3.05, 3.63) is 24.3 Å². The maximum atomic E-state index is 12.7. The van der Waals surface area contributed by atoms with Crippen molar-refractivity contribution in [3.63, 3.8) is 0 Å². The van der Waals surface area contributed by atoms with Crippen molar-refractivity contribution in [2.24, 2.45) is 0 Å². The molecule has 0 saturated carbocycles. The fourth-order valence-corrected chi connectivity index (χ4v) is 2.56. The summed E-state index contributed by atoms with van der Waals surface area (Å²) in [5.41, 5.74) is 1.04. The summed E-state index contributed by atoms with van der Waals surface area (Å²) in [5, 5.41) is 3.57. The fraction of sp³-hybridized carbons (Fsp3) is 0.545. The van der Waals surface area contributed by atoms with Crippen LogP contribution in [0.25, 0.3) is 0 Å². The molecule has 2 saturated heterocycles. The lowest BCUT2D eigenvalue weighted by Crippen LogP contribution is -2.51. The Morgan fingerprint density at radius 2 is 2.00 bits per heavy atom. The van der Waals surface area contributed by atoms with Gasteiger partial charge in [0.25, 0.3) is 0 Å². The Morgan fingerprint density at radius 3 is 2.60 bits per heavy atom. The van der Waals surface area contributed by atoms with Crippen LogP contribution in [0.4, 0.5) is 10.1 Å². The van der Waals surface area contributed by atoms with E-state index in [-0.39, 0.29) is 0 Å². The Hall–Kier alpha value is -1.16. The van der Waals surface area contributed by atoms with Gasteiger partial charge in [0.1, 0.15) is 0 Å². The zero-order valence-corrected chi connectivity index (χ0v) is 8.49. The predicted octanol–water partition coefficient (Wildman–Crippen LogP) is 1.16. The van der Waals surface area contributed by atoms with Crippen LogP contribution in [0.15, 0.2) is 18.3 Å². The zero-order chi connectivity index (χ0) is 10.3. The molecule has 3 rings (SSSR count). The molecule has 0 aliphatic carbocycles. The molecule has 2 unspecified atom stereocenters. The normalized spacial score (nSPS) is 29.5. The Balaban J connectivity index is 1.80. The molecule has 1 N–H and O–H groups in total. The Kier molecular flexibility index (Phi) is 2.09. The SMILES string of the molecule is Fc1ccc(N2CC3CCC(C2)N3)cn1. The monoisotopic (exact) mass is 207 g/mol. The molecule has 0 amide bonds. The van der Waals surface area contributed by atoms with Crippen LogP contribution in [0.3, 0.4) is 0 Å². The van der Waals surface area contributed by atoms with Gasteiger partial charge in [-0.15, -0.1) is 0 Å². The summed E-state index contributed by atoms with van der Waals surface area (Å²) in [5.74, 6) is -0.406. The van der Waals surface area contributed by atoms with Crippen molar-refractivity contribution >= 4 is 5.69 Å². The number of anilines is 1. The number of nitrogens with zero attached hydrogens (tertiary/aromatic N) is 2. The van der Waals surface area contributed by atoms with Gasteiger partial charge in [0.15, 0.2) is 0 Å². The molecule has 3 nitrogen and oxygen atoms in total. The number of halogens is 1. The van der Waals surface area contributed by atoms with E-state index in [0.717, 1.165) is 18.8 Å². The van der Waals surface area contributed by atoms with E-state index in [2.05, 4.69) is 15.2 Å². The number of fused-ring (bicyclic) bond motifs is 2. The highest BCUT2D eigenvalue weighted by molar-refractivity contribution is 5.45. The molecule has 2 fully saturated rings. The number of pyridine rings is 1. The average molecular weight is 207 g/mol. The van der Waals surface area contributed by atoms with E-state index < -0.39 is 5.95 Å².